The topological polar surface area (TPSA) is 67.3 Å². The Bertz CT molecular complexity index is 855. The lowest BCUT2D eigenvalue weighted by atomic mass is 10.1. The summed E-state index contributed by atoms with van der Waals surface area (Å²) in [4.78, 5) is 19.0. The van der Waals surface area contributed by atoms with Crippen LogP contribution in [-0.2, 0) is 22.5 Å². The van der Waals surface area contributed by atoms with E-state index >= 15 is 0 Å². The predicted octanol–water partition coefficient (Wildman–Crippen LogP) is 2.90. The van der Waals surface area contributed by atoms with Gasteiger partial charge in [0.25, 0.3) is 0 Å². The number of benzene rings is 2. The molecule has 0 saturated heterocycles. The zero-order chi connectivity index (χ0) is 19.6. The number of aromatic nitrogens is 2. The Labute approximate surface area is 169 Å². The van der Waals surface area contributed by atoms with Crippen LogP contribution in [0.5, 0.6) is 0 Å². The number of rotatable bonds is 10. The van der Waals surface area contributed by atoms with Gasteiger partial charge >= 0.3 is 0 Å². The van der Waals surface area contributed by atoms with Gasteiger partial charge in [-0.25, -0.2) is 4.98 Å². The zero-order valence-corrected chi connectivity index (χ0v) is 16.7. The van der Waals surface area contributed by atoms with E-state index in [0.29, 0.717) is 26.1 Å². The van der Waals surface area contributed by atoms with Crippen LogP contribution in [0.1, 0.15) is 17.0 Å². The van der Waals surface area contributed by atoms with Gasteiger partial charge in [-0.1, -0.05) is 60.7 Å². The minimum atomic E-state index is -0.0622. The summed E-state index contributed by atoms with van der Waals surface area (Å²) in [5.41, 5.74) is 2.28. The second kappa shape index (κ2) is 10.5. The van der Waals surface area contributed by atoms with Gasteiger partial charge in [0, 0.05) is 38.2 Å². The molecule has 0 fully saturated rings. The van der Waals surface area contributed by atoms with Crippen molar-refractivity contribution in [3.63, 3.8) is 0 Å². The molecule has 1 amide bonds. The number of carbonyl (C=O) groups is 1. The fourth-order valence-corrected chi connectivity index (χ4v) is 3.42. The van der Waals surface area contributed by atoms with Crippen LogP contribution < -0.4 is 10.2 Å². The highest BCUT2D eigenvalue weighted by Gasteiger charge is 2.17. The number of hydrogen-bond donors (Lipinski definition) is 1. The number of nitrogens with zero attached hydrogens (tertiary/aromatic N) is 3. The van der Waals surface area contributed by atoms with Crippen molar-refractivity contribution in [1.82, 2.24) is 14.7 Å². The molecule has 2 aromatic carbocycles. The molecule has 7 heteroatoms. The molecule has 0 spiro atoms. The van der Waals surface area contributed by atoms with Gasteiger partial charge < -0.3 is 15.0 Å². The molecule has 3 rings (SSSR count). The number of carbonyl (C=O) groups excluding carboxylic acids is 1. The van der Waals surface area contributed by atoms with Crippen LogP contribution >= 0.6 is 11.5 Å². The van der Waals surface area contributed by atoms with E-state index in [2.05, 4.69) is 26.8 Å². The molecule has 0 aliphatic heterocycles. The molecule has 146 valence electrons. The molecular weight excluding hydrogens is 372 g/mol. The van der Waals surface area contributed by atoms with Gasteiger partial charge in [0.15, 0.2) is 0 Å². The van der Waals surface area contributed by atoms with Gasteiger partial charge in [0.2, 0.25) is 11.0 Å². The number of ether oxygens (including phenoxy) is 1. The summed E-state index contributed by atoms with van der Waals surface area (Å²) in [5, 5.41) is 3.61. The van der Waals surface area contributed by atoms with E-state index in [9.17, 15) is 4.79 Å². The van der Waals surface area contributed by atoms with Gasteiger partial charge in [-0.15, -0.1) is 0 Å². The van der Waals surface area contributed by atoms with E-state index in [4.69, 9.17) is 4.74 Å². The molecular formula is C21H24N4O2S. The summed E-state index contributed by atoms with van der Waals surface area (Å²) < 4.78 is 9.48. The first-order chi connectivity index (χ1) is 13.7. The lowest BCUT2D eigenvalue weighted by molar-refractivity contribution is -0.120. The number of hydrogen-bond acceptors (Lipinski definition) is 6. The maximum Gasteiger partial charge on any atom is 0.239 e. The van der Waals surface area contributed by atoms with Gasteiger partial charge in [0.05, 0.1) is 13.2 Å². The average Bonchev–Trinajstić information content (AvgIpc) is 3.18. The highest BCUT2D eigenvalue weighted by molar-refractivity contribution is 7.09. The Morgan fingerprint density at radius 3 is 2.43 bits per heavy atom. The zero-order valence-electron chi connectivity index (χ0n) is 15.9. The van der Waals surface area contributed by atoms with Gasteiger partial charge in [-0.05, 0) is 11.1 Å². The smallest absolute Gasteiger partial charge is 0.239 e. The molecule has 0 radical (unpaired) electrons. The minimum Gasteiger partial charge on any atom is -0.383 e. The molecule has 0 saturated carbocycles. The van der Waals surface area contributed by atoms with Crippen molar-refractivity contribution >= 4 is 22.6 Å². The Kier molecular flexibility index (Phi) is 7.52. The number of nitrogens with one attached hydrogen (secondary N) is 1. The van der Waals surface area contributed by atoms with Crippen LogP contribution in [0.25, 0.3) is 0 Å². The van der Waals surface area contributed by atoms with E-state index < -0.39 is 0 Å². The normalized spacial score (nSPS) is 10.6. The number of methoxy groups -OCH3 is 1. The van der Waals surface area contributed by atoms with Crippen LogP contribution in [0.2, 0.25) is 0 Å². The lowest BCUT2D eigenvalue weighted by Crippen LogP contribution is -2.38. The maximum atomic E-state index is 12.3. The SMILES string of the molecule is COCCNC(=O)CN(Cc1ccccc1)c1nc(Cc2ccccc2)ns1. The third-order valence-corrected chi connectivity index (χ3v) is 4.93. The molecule has 0 atom stereocenters. The maximum absolute atomic E-state index is 12.3. The molecule has 0 bridgehead atoms. The largest absolute Gasteiger partial charge is 0.383 e. The summed E-state index contributed by atoms with van der Waals surface area (Å²) in [6.45, 7) is 1.80. The van der Waals surface area contributed by atoms with Gasteiger partial charge in [0.1, 0.15) is 5.82 Å². The van der Waals surface area contributed by atoms with Crippen LogP contribution in [0.15, 0.2) is 60.7 Å². The van der Waals surface area contributed by atoms with Crippen molar-refractivity contribution in [2.24, 2.45) is 0 Å². The van der Waals surface area contributed by atoms with Gasteiger partial charge in [-0.3, -0.25) is 4.79 Å². The molecule has 6 nitrogen and oxygen atoms in total. The van der Waals surface area contributed by atoms with Gasteiger partial charge in [-0.2, -0.15) is 4.37 Å². The lowest BCUT2D eigenvalue weighted by Gasteiger charge is -2.21. The first-order valence-electron chi connectivity index (χ1n) is 9.15. The van der Waals surface area contributed by atoms with E-state index in [1.165, 1.54) is 17.1 Å². The van der Waals surface area contributed by atoms with E-state index in [1.807, 2.05) is 53.4 Å². The summed E-state index contributed by atoms with van der Waals surface area (Å²) >= 11 is 1.33. The van der Waals surface area contributed by atoms with E-state index in [1.54, 1.807) is 7.11 Å². The quantitative estimate of drug-likeness (QED) is 0.534. The fraction of sp³-hybridized carbons (Fsp3) is 0.286. The molecule has 3 aromatic rings. The number of anilines is 1. The van der Waals surface area contributed by atoms with E-state index in [-0.39, 0.29) is 12.5 Å². The summed E-state index contributed by atoms with van der Waals surface area (Å²) in [7, 11) is 1.61. The van der Waals surface area contributed by atoms with Crippen LogP contribution in [-0.4, -0.2) is 42.1 Å². The van der Waals surface area contributed by atoms with Crippen LogP contribution in [0.3, 0.4) is 0 Å². The monoisotopic (exact) mass is 396 g/mol. The molecule has 0 aliphatic rings. The highest BCUT2D eigenvalue weighted by atomic mass is 32.1. The first-order valence-corrected chi connectivity index (χ1v) is 9.93. The van der Waals surface area contributed by atoms with E-state index in [0.717, 1.165) is 16.5 Å². The van der Waals surface area contributed by atoms with Crippen molar-refractivity contribution < 1.29 is 9.53 Å². The standard InChI is InChI=1S/C21H24N4O2S/c1-27-13-12-22-20(26)16-25(15-18-10-6-3-7-11-18)21-23-19(24-28-21)14-17-8-4-2-5-9-17/h2-11H,12-16H2,1H3,(H,22,26). The highest BCUT2D eigenvalue weighted by Crippen LogP contribution is 2.21. The second-order valence-corrected chi connectivity index (χ2v) is 7.07. The summed E-state index contributed by atoms with van der Waals surface area (Å²) in [6, 6.07) is 20.2. The molecule has 1 aromatic heterocycles. The Morgan fingerprint density at radius 1 is 1.07 bits per heavy atom. The fourth-order valence-electron chi connectivity index (χ4n) is 2.74. The van der Waals surface area contributed by atoms with Crippen molar-refractivity contribution in [3.05, 3.63) is 77.6 Å². The molecule has 1 heterocycles. The Balaban J connectivity index is 1.71. The van der Waals surface area contributed by atoms with Crippen molar-refractivity contribution in [1.29, 1.82) is 0 Å². The van der Waals surface area contributed by atoms with Crippen LogP contribution in [0.4, 0.5) is 5.13 Å². The molecule has 0 unspecified atom stereocenters. The predicted molar refractivity (Wildman–Crippen MR) is 112 cm³/mol. The summed E-state index contributed by atoms with van der Waals surface area (Å²) in [5.74, 6) is 0.705. The van der Waals surface area contributed by atoms with Crippen molar-refractivity contribution in [2.75, 3.05) is 31.7 Å². The molecule has 28 heavy (non-hydrogen) atoms. The molecule has 1 N–H and O–H groups in total. The number of amides is 1. The Morgan fingerprint density at radius 2 is 1.75 bits per heavy atom. The third kappa shape index (κ3) is 6.14. The summed E-state index contributed by atoms with van der Waals surface area (Å²) in [6.07, 6.45) is 0.677. The minimum absolute atomic E-state index is 0.0622. The Hall–Kier alpha value is -2.77. The van der Waals surface area contributed by atoms with Crippen molar-refractivity contribution in [3.8, 4) is 0 Å². The second-order valence-electron chi connectivity index (χ2n) is 6.34. The average molecular weight is 397 g/mol. The van der Waals surface area contributed by atoms with Crippen molar-refractivity contribution in [2.45, 2.75) is 13.0 Å². The van der Waals surface area contributed by atoms with Crippen LogP contribution in [0, 0.1) is 0 Å². The molecule has 0 aliphatic carbocycles. The third-order valence-electron chi connectivity index (χ3n) is 4.11. The first kappa shape index (κ1) is 20.0.